The molecular formula is C22H24N2O7. The maximum absolute atomic E-state index is 12.9. The Morgan fingerprint density at radius 3 is 2.61 bits per heavy atom. The molecule has 4 rings (SSSR count). The average Bonchev–Trinajstić information content (AvgIpc) is 3.28. The van der Waals surface area contributed by atoms with Crippen molar-refractivity contribution in [3.8, 4) is 28.7 Å². The zero-order chi connectivity index (χ0) is 22.1. The number of hydrogen-bond acceptors (Lipinski definition) is 7. The first-order chi connectivity index (χ1) is 15.0. The lowest BCUT2D eigenvalue weighted by molar-refractivity contribution is 0.0775. The van der Waals surface area contributed by atoms with E-state index in [4.69, 9.17) is 23.7 Å². The van der Waals surface area contributed by atoms with Crippen LogP contribution in [0, 0.1) is 0 Å². The van der Waals surface area contributed by atoms with Gasteiger partial charge in [0.15, 0.2) is 11.5 Å². The van der Waals surface area contributed by atoms with E-state index in [0.29, 0.717) is 58.4 Å². The minimum atomic E-state index is -0.323. The second kappa shape index (κ2) is 8.25. The van der Waals surface area contributed by atoms with Crippen LogP contribution in [0.4, 0.5) is 0 Å². The summed E-state index contributed by atoms with van der Waals surface area (Å²) in [6, 6.07) is 4.97. The minimum absolute atomic E-state index is 0.0197. The fraction of sp³-hybridized carbons (Fsp3) is 0.364. The lowest BCUT2D eigenvalue weighted by atomic mass is 9.91. The SMILES string of the molecule is COc1ccc(C(=O)NCc2c3c(c(OC)c4c2OCO4)C(=O)N(C)CC3)c(OC)c1. The molecule has 0 aliphatic carbocycles. The number of carbonyl (C=O) groups is 2. The van der Waals surface area contributed by atoms with E-state index in [1.165, 1.54) is 14.2 Å². The van der Waals surface area contributed by atoms with Crippen LogP contribution in [-0.2, 0) is 13.0 Å². The van der Waals surface area contributed by atoms with E-state index >= 15 is 0 Å². The average molecular weight is 428 g/mol. The van der Waals surface area contributed by atoms with Gasteiger partial charge in [0.2, 0.25) is 12.5 Å². The van der Waals surface area contributed by atoms with Gasteiger partial charge in [-0.1, -0.05) is 0 Å². The van der Waals surface area contributed by atoms with Crippen molar-refractivity contribution in [3.63, 3.8) is 0 Å². The Labute approximate surface area is 179 Å². The predicted molar refractivity (Wildman–Crippen MR) is 110 cm³/mol. The molecule has 0 saturated heterocycles. The van der Waals surface area contributed by atoms with Crippen molar-refractivity contribution in [2.75, 3.05) is 41.7 Å². The summed E-state index contributed by atoms with van der Waals surface area (Å²) in [5.41, 5.74) is 2.33. The Morgan fingerprint density at radius 2 is 1.90 bits per heavy atom. The van der Waals surface area contributed by atoms with E-state index in [1.807, 2.05) is 0 Å². The molecule has 0 aromatic heterocycles. The van der Waals surface area contributed by atoms with Gasteiger partial charge >= 0.3 is 0 Å². The summed E-state index contributed by atoms with van der Waals surface area (Å²) in [6.07, 6.45) is 0.613. The molecule has 0 bridgehead atoms. The Morgan fingerprint density at radius 1 is 1.13 bits per heavy atom. The van der Waals surface area contributed by atoms with E-state index in [9.17, 15) is 9.59 Å². The van der Waals surface area contributed by atoms with Crippen LogP contribution in [0.15, 0.2) is 18.2 Å². The highest BCUT2D eigenvalue weighted by Crippen LogP contribution is 2.49. The highest BCUT2D eigenvalue weighted by molar-refractivity contribution is 6.02. The first-order valence-electron chi connectivity index (χ1n) is 9.77. The van der Waals surface area contributed by atoms with Gasteiger partial charge in [0.25, 0.3) is 11.8 Å². The van der Waals surface area contributed by atoms with Crippen LogP contribution in [0.1, 0.15) is 31.8 Å². The smallest absolute Gasteiger partial charge is 0.257 e. The lowest BCUT2D eigenvalue weighted by Gasteiger charge is -2.29. The Kier molecular flexibility index (Phi) is 5.50. The van der Waals surface area contributed by atoms with Crippen molar-refractivity contribution >= 4 is 11.8 Å². The number of hydrogen-bond donors (Lipinski definition) is 1. The van der Waals surface area contributed by atoms with Crippen LogP contribution in [0.25, 0.3) is 0 Å². The molecule has 2 heterocycles. The van der Waals surface area contributed by atoms with Crippen LogP contribution in [0.2, 0.25) is 0 Å². The molecule has 0 atom stereocenters. The van der Waals surface area contributed by atoms with E-state index in [2.05, 4.69) is 5.32 Å². The number of fused-ring (bicyclic) bond motifs is 2. The number of nitrogens with one attached hydrogen (secondary N) is 1. The highest BCUT2D eigenvalue weighted by Gasteiger charge is 2.36. The first kappa shape index (κ1) is 20.6. The Bertz CT molecular complexity index is 1050. The number of nitrogens with zero attached hydrogens (tertiary/aromatic N) is 1. The Hall–Kier alpha value is -3.62. The zero-order valence-corrected chi connectivity index (χ0v) is 17.9. The maximum Gasteiger partial charge on any atom is 0.257 e. The molecule has 2 aromatic rings. The van der Waals surface area contributed by atoms with E-state index in [-0.39, 0.29) is 25.2 Å². The quantitative estimate of drug-likeness (QED) is 0.752. The molecule has 164 valence electrons. The normalized spacial score (nSPS) is 14.2. The van der Waals surface area contributed by atoms with Gasteiger partial charge in [-0.15, -0.1) is 0 Å². The third-order valence-electron chi connectivity index (χ3n) is 5.53. The van der Waals surface area contributed by atoms with E-state index < -0.39 is 0 Å². The van der Waals surface area contributed by atoms with Gasteiger partial charge in [0, 0.05) is 31.8 Å². The fourth-order valence-corrected chi connectivity index (χ4v) is 3.92. The summed E-state index contributed by atoms with van der Waals surface area (Å²) >= 11 is 0. The summed E-state index contributed by atoms with van der Waals surface area (Å²) in [5, 5.41) is 2.91. The summed E-state index contributed by atoms with van der Waals surface area (Å²) in [7, 11) is 6.28. The van der Waals surface area contributed by atoms with Gasteiger partial charge in [-0.3, -0.25) is 9.59 Å². The molecular weight excluding hydrogens is 404 g/mol. The molecule has 0 saturated carbocycles. The number of benzene rings is 2. The van der Waals surface area contributed by atoms with Gasteiger partial charge in [0.1, 0.15) is 11.5 Å². The van der Waals surface area contributed by atoms with Crippen molar-refractivity contribution < 1.29 is 33.3 Å². The van der Waals surface area contributed by atoms with Gasteiger partial charge in [0.05, 0.1) is 32.5 Å². The van der Waals surface area contributed by atoms with Gasteiger partial charge < -0.3 is 33.9 Å². The molecule has 2 aliphatic rings. The summed E-state index contributed by atoms with van der Waals surface area (Å²) < 4.78 is 27.3. The van der Waals surface area contributed by atoms with Crippen molar-refractivity contribution in [1.29, 1.82) is 0 Å². The number of ether oxygens (including phenoxy) is 5. The lowest BCUT2D eigenvalue weighted by Crippen LogP contribution is -2.36. The largest absolute Gasteiger partial charge is 0.497 e. The first-order valence-corrected chi connectivity index (χ1v) is 9.77. The summed E-state index contributed by atoms with van der Waals surface area (Å²) in [4.78, 5) is 27.4. The summed E-state index contributed by atoms with van der Waals surface area (Å²) in [6.45, 7) is 0.733. The van der Waals surface area contributed by atoms with Gasteiger partial charge in [-0.25, -0.2) is 0 Å². The molecule has 0 fully saturated rings. The van der Waals surface area contributed by atoms with Crippen molar-refractivity contribution in [2.24, 2.45) is 0 Å². The van der Waals surface area contributed by atoms with Crippen LogP contribution in [0.3, 0.4) is 0 Å². The molecule has 9 nitrogen and oxygen atoms in total. The highest BCUT2D eigenvalue weighted by atomic mass is 16.7. The zero-order valence-electron chi connectivity index (χ0n) is 17.9. The standard InChI is InChI=1S/C22H24N2O7/c1-24-8-7-13-15(18-20(31-11-30-18)19(29-4)17(13)22(24)26)10-23-21(25)14-6-5-12(27-2)9-16(14)28-3/h5-6,9H,7-8,10-11H2,1-4H3,(H,23,25). The van der Waals surface area contributed by atoms with Crippen molar-refractivity contribution in [2.45, 2.75) is 13.0 Å². The molecule has 0 radical (unpaired) electrons. The molecule has 0 spiro atoms. The van der Waals surface area contributed by atoms with Crippen molar-refractivity contribution in [1.82, 2.24) is 10.2 Å². The number of amides is 2. The molecule has 9 heteroatoms. The molecule has 1 N–H and O–H groups in total. The number of likely N-dealkylation sites (N-methyl/N-ethyl adjacent to an activating group) is 1. The molecule has 31 heavy (non-hydrogen) atoms. The van der Waals surface area contributed by atoms with Crippen LogP contribution in [0.5, 0.6) is 28.7 Å². The minimum Gasteiger partial charge on any atom is -0.497 e. The third-order valence-corrected chi connectivity index (χ3v) is 5.53. The van der Waals surface area contributed by atoms with Crippen molar-refractivity contribution in [3.05, 3.63) is 40.5 Å². The maximum atomic E-state index is 12.9. The second-order valence-corrected chi connectivity index (χ2v) is 7.16. The topological polar surface area (TPSA) is 95.6 Å². The third kappa shape index (κ3) is 3.45. The monoisotopic (exact) mass is 428 g/mol. The number of carbonyl (C=O) groups excluding carboxylic acids is 2. The second-order valence-electron chi connectivity index (χ2n) is 7.16. The van der Waals surface area contributed by atoms with Crippen LogP contribution < -0.4 is 29.0 Å². The summed E-state index contributed by atoms with van der Waals surface area (Å²) in [5.74, 6) is 1.76. The van der Waals surface area contributed by atoms with Crippen LogP contribution >= 0.6 is 0 Å². The fourth-order valence-electron chi connectivity index (χ4n) is 3.92. The molecule has 2 aliphatic heterocycles. The Balaban J connectivity index is 1.69. The van der Waals surface area contributed by atoms with Crippen LogP contribution in [-0.4, -0.2) is 58.4 Å². The molecule has 2 amide bonds. The number of rotatable bonds is 6. The molecule has 0 unspecified atom stereocenters. The number of methoxy groups -OCH3 is 3. The van der Waals surface area contributed by atoms with Gasteiger partial charge in [-0.05, 0) is 24.1 Å². The predicted octanol–water partition coefficient (Wildman–Crippen LogP) is 2.00. The van der Waals surface area contributed by atoms with E-state index in [0.717, 1.165) is 5.56 Å². The van der Waals surface area contributed by atoms with E-state index in [1.54, 1.807) is 37.3 Å². The molecule has 2 aromatic carbocycles. The van der Waals surface area contributed by atoms with Gasteiger partial charge in [-0.2, -0.15) is 0 Å².